The molecular formula is C14H22O. The van der Waals surface area contributed by atoms with Crippen LogP contribution in [0.5, 0.6) is 0 Å². The van der Waals surface area contributed by atoms with Crippen molar-refractivity contribution in [1.29, 1.82) is 0 Å². The molecule has 0 saturated heterocycles. The molecule has 4 aliphatic carbocycles. The van der Waals surface area contributed by atoms with Crippen molar-refractivity contribution in [3.8, 4) is 0 Å². The van der Waals surface area contributed by atoms with Crippen LogP contribution in [0.2, 0.25) is 0 Å². The van der Waals surface area contributed by atoms with Gasteiger partial charge >= 0.3 is 0 Å². The van der Waals surface area contributed by atoms with Crippen LogP contribution in [0.15, 0.2) is 0 Å². The normalized spacial score (nSPS) is 65.2. The second-order valence-corrected chi connectivity index (χ2v) is 6.68. The number of hydrogen-bond acceptors (Lipinski definition) is 1. The van der Waals surface area contributed by atoms with E-state index in [2.05, 4.69) is 6.92 Å². The van der Waals surface area contributed by atoms with Crippen molar-refractivity contribution < 1.29 is 5.11 Å². The quantitative estimate of drug-likeness (QED) is 0.654. The number of aliphatic hydroxyl groups excluding tert-OH is 1. The van der Waals surface area contributed by atoms with Gasteiger partial charge in [0.1, 0.15) is 0 Å². The van der Waals surface area contributed by atoms with Gasteiger partial charge in [0.05, 0.1) is 6.10 Å². The molecule has 84 valence electrons. The highest BCUT2D eigenvalue weighted by atomic mass is 16.3. The molecule has 0 heterocycles. The highest BCUT2D eigenvalue weighted by molar-refractivity contribution is 5.12. The average Bonchev–Trinajstić information content (AvgIpc) is 2.91. The van der Waals surface area contributed by atoms with Crippen molar-refractivity contribution in [2.45, 2.75) is 45.1 Å². The summed E-state index contributed by atoms with van der Waals surface area (Å²) in [5.74, 6) is 6.75. The van der Waals surface area contributed by atoms with E-state index in [0.29, 0.717) is 5.92 Å². The van der Waals surface area contributed by atoms with Gasteiger partial charge in [0, 0.05) is 0 Å². The maximum atomic E-state index is 10.0. The first-order chi connectivity index (χ1) is 7.29. The molecule has 8 unspecified atom stereocenters. The number of hydrogen-bond donors (Lipinski definition) is 1. The zero-order valence-corrected chi connectivity index (χ0v) is 9.60. The topological polar surface area (TPSA) is 20.2 Å². The number of aliphatic hydroxyl groups is 1. The smallest absolute Gasteiger partial charge is 0.0574 e. The standard InChI is InChI=1S/C14H22O/c1-2-7-3-8-4-10(7)13-9-5-11(14(8)13)12(15)6-9/h7-15H,2-6H2,1H3. The fourth-order valence-corrected chi connectivity index (χ4v) is 6.17. The van der Waals surface area contributed by atoms with Gasteiger partial charge in [-0.15, -0.1) is 0 Å². The van der Waals surface area contributed by atoms with Gasteiger partial charge in [0.2, 0.25) is 0 Å². The van der Waals surface area contributed by atoms with Crippen molar-refractivity contribution in [3.05, 3.63) is 0 Å². The van der Waals surface area contributed by atoms with Gasteiger partial charge in [0.25, 0.3) is 0 Å². The molecule has 8 atom stereocenters. The Bertz CT molecular complexity index is 287. The first-order valence-electron chi connectivity index (χ1n) is 6.97. The molecule has 0 aromatic rings. The van der Waals surface area contributed by atoms with E-state index in [1.54, 1.807) is 0 Å². The van der Waals surface area contributed by atoms with Gasteiger partial charge in [-0.3, -0.25) is 0 Å². The molecule has 4 aliphatic rings. The Hall–Kier alpha value is -0.0400. The molecule has 15 heavy (non-hydrogen) atoms. The van der Waals surface area contributed by atoms with Crippen molar-refractivity contribution in [2.75, 3.05) is 0 Å². The van der Waals surface area contributed by atoms with Crippen molar-refractivity contribution in [3.63, 3.8) is 0 Å². The van der Waals surface area contributed by atoms with Crippen molar-refractivity contribution in [1.82, 2.24) is 0 Å². The predicted octanol–water partition coefficient (Wildman–Crippen LogP) is 2.69. The Morgan fingerprint density at radius 2 is 1.60 bits per heavy atom. The lowest BCUT2D eigenvalue weighted by Crippen LogP contribution is -2.37. The molecular weight excluding hydrogens is 184 g/mol. The van der Waals surface area contributed by atoms with E-state index in [0.717, 1.165) is 41.9 Å². The van der Waals surface area contributed by atoms with Crippen LogP contribution in [-0.4, -0.2) is 11.2 Å². The van der Waals surface area contributed by atoms with Crippen molar-refractivity contribution in [2.24, 2.45) is 41.4 Å². The molecule has 1 nitrogen and oxygen atoms in total. The van der Waals surface area contributed by atoms with Crippen LogP contribution >= 0.6 is 0 Å². The monoisotopic (exact) mass is 206 g/mol. The van der Waals surface area contributed by atoms with E-state index >= 15 is 0 Å². The summed E-state index contributed by atoms with van der Waals surface area (Å²) in [6.07, 6.45) is 7.03. The first-order valence-corrected chi connectivity index (χ1v) is 6.97. The summed E-state index contributed by atoms with van der Waals surface area (Å²) >= 11 is 0. The van der Waals surface area contributed by atoms with Crippen LogP contribution in [0.4, 0.5) is 0 Å². The van der Waals surface area contributed by atoms with E-state index in [1.165, 1.54) is 25.7 Å². The maximum Gasteiger partial charge on any atom is 0.0574 e. The molecule has 0 amide bonds. The Morgan fingerprint density at radius 1 is 0.933 bits per heavy atom. The Labute approximate surface area is 92.3 Å². The van der Waals surface area contributed by atoms with E-state index in [-0.39, 0.29) is 6.10 Å². The van der Waals surface area contributed by atoms with Crippen LogP contribution < -0.4 is 0 Å². The van der Waals surface area contributed by atoms with Crippen LogP contribution in [-0.2, 0) is 0 Å². The molecule has 0 aromatic carbocycles. The SMILES string of the molecule is CCC1CC2CC1C1C3CC(O)C(C3)C21. The second kappa shape index (κ2) is 2.80. The van der Waals surface area contributed by atoms with Crippen molar-refractivity contribution >= 4 is 0 Å². The molecule has 4 rings (SSSR count). The Kier molecular flexibility index (Phi) is 1.68. The molecule has 0 aromatic heterocycles. The third-order valence-corrected chi connectivity index (χ3v) is 6.45. The summed E-state index contributed by atoms with van der Waals surface area (Å²) in [5, 5.41) is 10.0. The lowest BCUT2D eigenvalue weighted by Gasteiger charge is -2.40. The fraction of sp³-hybridized carbons (Fsp3) is 1.00. The summed E-state index contributed by atoms with van der Waals surface area (Å²) in [6, 6.07) is 0. The van der Waals surface area contributed by atoms with Gasteiger partial charge in [-0.2, -0.15) is 0 Å². The average molecular weight is 206 g/mol. The highest BCUT2D eigenvalue weighted by Crippen LogP contribution is 2.69. The largest absolute Gasteiger partial charge is 0.393 e. The highest BCUT2D eigenvalue weighted by Gasteiger charge is 2.63. The van der Waals surface area contributed by atoms with E-state index in [4.69, 9.17) is 0 Å². The number of rotatable bonds is 1. The first kappa shape index (κ1) is 9.04. The summed E-state index contributed by atoms with van der Waals surface area (Å²) in [7, 11) is 0. The lowest BCUT2D eigenvalue weighted by molar-refractivity contribution is 0.0152. The summed E-state index contributed by atoms with van der Waals surface area (Å²) in [5.41, 5.74) is 0. The second-order valence-electron chi connectivity index (χ2n) is 6.68. The molecule has 1 heteroatoms. The van der Waals surface area contributed by atoms with Crippen LogP contribution in [0, 0.1) is 41.4 Å². The van der Waals surface area contributed by atoms with Gasteiger partial charge in [-0.25, -0.2) is 0 Å². The van der Waals surface area contributed by atoms with Crippen LogP contribution in [0.3, 0.4) is 0 Å². The third-order valence-electron chi connectivity index (χ3n) is 6.45. The van der Waals surface area contributed by atoms with Gasteiger partial charge in [-0.05, 0) is 67.1 Å². The van der Waals surface area contributed by atoms with E-state index < -0.39 is 0 Å². The minimum atomic E-state index is 0.0793. The Balaban J connectivity index is 1.67. The van der Waals surface area contributed by atoms with Gasteiger partial charge < -0.3 is 5.11 Å². The molecule has 4 bridgehead atoms. The van der Waals surface area contributed by atoms with Gasteiger partial charge in [-0.1, -0.05) is 13.3 Å². The zero-order valence-electron chi connectivity index (χ0n) is 9.60. The molecule has 0 radical (unpaired) electrons. The third kappa shape index (κ3) is 0.945. The minimum absolute atomic E-state index is 0.0793. The predicted molar refractivity (Wildman–Crippen MR) is 59.2 cm³/mol. The zero-order chi connectivity index (χ0) is 10.2. The molecule has 4 saturated carbocycles. The van der Waals surface area contributed by atoms with Crippen LogP contribution in [0.25, 0.3) is 0 Å². The number of fused-ring (bicyclic) bond motifs is 9. The van der Waals surface area contributed by atoms with E-state index in [1.807, 2.05) is 0 Å². The maximum absolute atomic E-state index is 10.0. The molecule has 1 N–H and O–H groups in total. The molecule has 4 fully saturated rings. The summed E-state index contributed by atoms with van der Waals surface area (Å²) in [4.78, 5) is 0. The minimum Gasteiger partial charge on any atom is -0.393 e. The lowest BCUT2D eigenvalue weighted by atomic mass is 9.66. The molecule has 0 aliphatic heterocycles. The van der Waals surface area contributed by atoms with Gasteiger partial charge in [0.15, 0.2) is 0 Å². The summed E-state index contributed by atoms with van der Waals surface area (Å²) in [6.45, 7) is 2.38. The van der Waals surface area contributed by atoms with E-state index in [9.17, 15) is 5.11 Å². The molecule has 0 spiro atoms. The van der Waals surface area contributed by atoms with Crippen LogP contribution in [0.1, 0.15) is 39.0 Å². The summed E-state index contributed by atoms with van der Waals surface area (Å²) < 4.78 is 0. The Morgan fingerprint density at radius 3 is 2.40 bits per heavy atom. The fourth-order valence-electron chi connectivity index (χ4n) is 6.17.